The molecular weight excluding hydrogens is 509 g/mol. The molecule has 3 aromatic rings. The van der Waals surface area contributed by atoms with Gasteiger partial charge in [0.15, 0.2) is 0 Å². The van der Waals surface area contributed by atoms with Crippen LogP contribution < -0.4 is 10.6 Å². The Morgan fingerprint density at radius 3 is 2.55 bits per heavy atom. The number of nitrogens with one attached hydrogen (secondary N) is 2. The number of carbonyl (C=O) groups is 4. The van der Waals surface area contributed by atoms with E-state index in [-0.39, 0.29) is 24.2 Å². The molecule has 0 radical (unpaired) electrons. The van der Waals surface area contributed by atoms with Gasteiger partial charge in [0.2, 0.25) is 17.7 Å². The topological polar surface area (TPSA) is 116 Å². The lowest BCUT2D eigenvalue weighted by Gasteiger charge is -2.37. The fourth-order valence-electron chi connectivity index (χ4n) is 5.15. The Bertz CT molecular complexity index is 1370. The largest absolute Gasteiger partial charge is 0.480 e. The van der Waals surface area contributed by atoms with Crippen molar-refractivity contribution in [2.75, 3.05) is 6.54 Å². The molecule has 1 fully saturated rings. The molecule has 0 aliphatic carbocycles. The Kier molecular flexibility index (Phi) is 7.24. The van der Waals surface area contributed by atoms with Gasteiger partial charge in [0, 0.05) is 29.0 Å². The molecule has 196 valence electrons. The normalized spacial score (nSPS) is 18.9. The molecule has 0 spiro atoms. The number of hydrogen-bond donors (Lipinski definition) is 3. The molecule has 3 amide bonds. The van der Waals surface area contributed by atoms with Crippen molar-refractivity contribution in [2.24, 2.45) is 0 Å². The lowest BCUT2D eigenvalue weighted by atomic mass is 9.93. The van der Waals surface area contributed by atoms with Crippen LogP contribution in [0.15, 0.2) is 60.7 Å². The highest BCUT2D eigenvalue weighted by Crippen LogP contribution is 2.46. The fourth-order valence-corrected chi connectivity index (χ4v) is 6.40. The molecule has 38 heavy (non-hydrogen) atoms. The molecule has 8 nitrogen and oxygen atoms in total. The van der Waals surface area contributed by atoms with Crippen LogP contribution in [0.1, 0.15) is 34.9 Å². The summed E-state index contributed by atoms with van der Waals surface area (Å²) in [6.07, 6.45) is 1.37. The summed E-state index contributed by atoms with van der Waals surface area (Å²) in [5.74, 6) is -2.70. The van der Waals surface area contributed by atoms with Crippen LogP contribution in [0.4, 0.5) is 4.39 Å². The number of hydrogen-bond acceptors (Lipinski definition) is 5. The minimum atomic E-state index is -1.19. The predicted octanol–water partition coefficient (Wildman–Crippen LogP) is 3.07. The van der Waals surface area contributed by atoms with Gasteiger partial charge in [0.05, 0.1) is 6.04 Å². The van der Waals surface area contributed by atoms with E-state index in [0.29, 0.717) is 19.3 Å². The van der Waals surface area contributed by atoms with Gasteiger partial charge in [0.1, 0.15) is 24.4 Å². The maximum atomic E-state index is 13.6. The van der Waals surface area contributed by atoms with E-state index >= 15 is 0 Å². The highest BCUT2D eigenvalue weighted by Gasteiger charge is 2.46. The average Bonchev–Trinajstić information content (AvgIpc) is 3.51. The van der Waals surface area contributed by atoms with Crippen LogP contribution >= 0.6 is 11.3 Å². The summed E-state index contributed by atoms with van der Waals surface area (Å²) in [7, 11) is 0. The highest BCUT2D eigenvalue weighted by atomic mass is 32.1. The van der Waals surface area contributed by atoms with Crippen molar-refractivity contribution in [1.29, 1.82) is 0 Å². The molecule has 1 aromatic heterocycles. The minimum Gasteiger partial charge on any atom is -0.480 e. The van der Waals surface area contributed by atoms with E-state index in [1.807, 2.05) is 36.4 Å². The highest BCUT2D eigenvalue weighted by molar-refractivity contribution is 7.15. The quantitative estimate of drug-likeness (QED) is 0.410. The summed E-state index contributed by atoms with van der Waals surface area (Å²) in [6, 6.07) is 15.3. The third-order valence-electron chi connectivity index (χ3n) is 6.93. The van der Waals surface area contributed by atoms with Crippen LogP contribution in [-0.2, 0) is 32.0 Å². The lowest BCUT2D eigenvalue weighted by Crippen LogP contribution is -2.57. The molecule has 0 bridgehead atoms. The number of carboxylic acids is 1. The van der Waals surface area contributed by atoms with Crippen LogP contribution in [0.3, 0.4) is 0 Å². The SMILES string of the molecule is O=C(O)CNC(=O)[C@H](Cc1ccccc1)NC(=O)[C@@H]1Cc2sc(-c3ccc(F)cc3)cc2[C@H]2CCC(=O)N21. The Balaban J connectivity index is 1.40. The molecule has 1 saturated heterocycles. The zero-order valence-corrected chi connectivity index (χ0v) is 21.2. The van der Waals surface area contributed by atoms with Crippen molar-refractivity contribution in [3.05, 3.63) is 82.5 Å². The van der Waals surface area contributed by atoms with E-state index in [2.05, 4.69) is 10.6 Å². The summed E-state index contributed by atoms with van der Waals surface area (Å²) in [4.78, 5) is 53.9. The van der Waals surface area contributed by atoms with Crippen molar-refractivity contribution in [3.63, 3.8) is 0 Å². The van der Waals surface area contributed by atoms with Crippen LogP contribution in [0.25, 0.3) is 10.4 Å². The van der Waals surface area contributed by atoms with E-state index in [1.54, 1.807) is 17.0 Å². The molecule has 10 heteroatoms. The first kappa shape index (κ1) is 25.6. The number of nitrogens with zero attached hydrogens (tertiary/aromatic N) is 1. The molecule has 2 aliphatic rings. The first-order valence-corrected chi connectivity index (χ1v) is 13.2. The summed E-state index contributed by atoms with van der Waals surface area (Å²) < 4.78 is 13.4. The van der Waals surface area contributed by atoms with Gasteiger partial charge in [-0.25, -0.2) is 4.39 Å². The maximum absolute atomic E-state index is 13.6. The van der Waals surface area contributed by atoms with Gasteiger partial charge in [-0.3, -0.25) is 19.2 Å². The van der Waals surface area contributed by atoms with Gasteiger partial charge in [-0.15, -0.1) is 11.3 Å². The molecule has 0 saturated carbocycles. The number of benzene rings is 2. The molecular formula is C28H26FN3O5S. The summed E-state index contributed by atoms with van der Waals surface area (Å²) in [5.41, 5.74) is 2.66. The van der Waals surface area contributed by atoms with Crippen LogP contribution in [0.5, 0.6) is 0 Å². The van der Waals surface area contributed by atoms with Crippen molar-refractivity contribution in [1.82, 2.24) is 15.5 Å². The van der Waals surface area contributed by atoms with Gasteiger partial charge in [-0.1, -0.05) is 42.5 Å². The Labute approximate surface area is 222 Å². The number of halogens is 1. The lowest BCUT2D eigenvalue weighted by molar-refractivity contribution is -0.141. The predicted molar refractivity (Wildman–Crippen MR) is 139 cm³/mol. The molecule has 3 N–H and O–H groups in total. The third kappa shape index (κ3) is 5.31. The first-order valence-electron chi connectivity index (χ1n) is 12.3. The molecule has 3 heterocycles. The van der Waals surface area contributed by atoms with E-state index < -0.39 is 36.4 Å². The second-order valence-corrected chi connectivity index (χ2v) is 10.6. The first-order chi connectivity index (χ1) is 18.3. The van der Waals surface area contributed by atoms with Crippen LogP contribution in [-0.4, -0.2) is 52.3 Å². The standard InChI is InChI=1S/C28H26FN3O5S/c29-18-8-6-17(7-9-18)23-13-19-21-10-11-25(33)32(21)22(14-24(19)38-23)28(37)31-20(27(36)30-15-26(34)35)12-16-4-2-1-3-5-16/h1-9,13,20-22H,10-12,14-15H2,(H,30,36)(H,31,37)(H,34,35)/t20-,21+,22-/m0/s1. The fraction of sp³-hybridized carbons (Fsp3) is 0.286. The molecule has 2 aromatic carbocycles. The Morgan fingerprint density at radius 1 is 1.11 bits per heavy atom. The summed E-state index contributed by atoms with van der Waals surface area (Å²) >= 11 is 1.52. The number of carboxylic acid groups (broad SMARTS) is 1. The third-order valence-corrected chi connectivity index (χ3v) is 8.15. The zero-order valence-electron chi connectivity index (χ0n) is 20.4. The Morgan fingerprint density at radius 2 is 1.84 bits per heavy atom. The van der Waals surface area contributed by atoms with Crippen molar-refractivity contribution in [2.45, 2.75) is 43.8 Å². The number of fused-ring (bicyclic) bond motifs is 3. The van der Waals surface area contributed by atoms with Crippen LogP contribution in [0.2, 0.25) is 0 Å². The van der Waals surface area contributed by atoms with Crippen LogP contribution in [0, 0.1) is 5.82 Å². The van der Waals surface area contributed by atoms with E-state index in [1.165, 1.54) is 23.5 Å². The average molecular weight is 536 g/mol. The molecule has 5 rings (SSSR count). The van der Waals surface area contributed by atoms with Gasteiger partial charge in [-0.2, -0.15) is 0 Å². The number of rotatable bonds is 8. The number of amides is 3. The smallest absolute Gasteiger partial charge is 0.322 e. The molecule has 2 aliphatic heterocycles. The van der Waals surface area contributed by atoms with Gasteiger partial charge in [-0.05, 0) is 41.3 Å². The summed E-state index contributed by atoms with van der Waals surface area (Å²) in [5, 5.41) is 14.1. The van der Waals surface area contributed by atoms with E-state index in [0.717, 1.165) is 26.4 Å². The maximum Gasteiger partial charge on any atom is 0.322 e. The summed E-state index contributed by atoms with van der Waals surface area (Å²) in [6.45, 7) is -0.569. The molecule has 0 unspecified atom stereocenters. The van der Waals surface area contributed by atoms with Crippen molar-refractivity contribution < 1.29 is 28.7 Å². The second kappa shape index (κ2) is 10.7. The Hall–Kier alpha value is -4.05. The van der Waals surface area contributed by atoms with Gasteiger partial charge in [0.25, 0.3) is 0 Å². The van der Waals surface area contributed by atoms with Crippen molar-refractivity contribution >= 4 is 35.0 Å². The van der Waals surface area contributed by atoms with Gasteiger partial charge < -0.3 is 20.6 Å². The van der Waals surface area contributed by atoms with Crippen molar-refractivity contribution in [3.8, 4) is 10.4 Å². The van der Waals surface area contributed by atoms with E-state index in [4.69, 9.17) is 5.11 Å². The van der Waals surface area contributed by atoms with E-state index in [9.17, 15) is 23.6 Å². The molecule has 3 atom stereocenters. The number of aliphatic carboxylic acids is 1. The zero-order chi connectivity index (χ0) is 26.8. The number of carbonyl (C=O) groups excluding carboxylic acids is 3. The number of thiophene rings is 1. The van der Waals surface area contributed by atoms with Gasteiger partial charge >= 0.3 is 5.97 Å². The second-order valence-electron chi connectivity index (χ2n) is 9.43. The monoisotopic (exact) mass is 535 g/mol. The minimum absolute atomic E-state index is 0.120.